The van der Waals surface area contributed by atoms with Gasteiger partial charge in [0, 0.05) is 13.1 Å². The highest BCUT2D eigenvalue weighted by Gasteiger charge is 2.41. The molecule has 4 heteroatoms. The Hall–Kier alpha value is -1.55. The van der Waals surface area contributed by atoms with Crippen molar-refractivity contribution in [3.63, 3.8) is 0 Å². The molecule has 1 aromatic rings. The van der Waals surface area contributed by atoms with Crippen LogP contribution in [-0.4, -0.2) is 34.5 Å². The summed E-state index contributed by atoms with van der Waals surface area (Å²) in [5, 5.41) is 9.78. The number of benzene rings is 1. The van der Waals surface area contributed by atoms with Gasteiger partial charge in [-0.3, -0.25) is 4.79 Å². The van der Waals surface area contributed by atoms with Crippen LogP contribution in [0.3, 0.4) is 0 Å². The fourth-order valence-electron chi connectivity index (χ4n) is 2.51. The van der Waals surface area contributed by atoms with Gasteiger partial charge in [-0.05, 0) is 31.0 Å². The van der Waals surface area contributed by atoms with Crippen molar-refractivity contribution in [2.24, 2.45) is 5.73 Å². The number of nitrogens with two attached hydrogens (primary N) is 1. The molecule has 0 bridgehead atoms. The van der Waals surface area contributed by atoms with Gasteiger partial charge in [0.1, 0.15) is 5.75 Å². The van der Waals surface area contributed by atoms with Gasteiger partial charge in [-0.15, -0.1) is 0 Å². The molecular weight excluding hydrogens is 228 g/mol. The highest BCUT2D eigenvalue weighted by atomic mass is 16.3. The van der Waals surface area contributed by atoms with Crippen LogP contribution >= 0.6 is 0 Å². The molecule has 0 aliphatic carbocycles. The molecule has 2 rings (SSSR count). The fourth-order valence-corrected chi connectivity index (χ4v) is 2.51. The summed E-state index contributed by atoms with van der Waals surface area (Å²) in [5.74, 6) is -0.0882. The first-order valence-corrected chi connectivity index (χ1v) is 6.33. The molecule has 98 valence electrons. The van der Waals surface area contributed by atoms with Crippen molar-refractivity contribution in [1.29, 1.82) is 0 Å². The first kappa shape index (κ1) is 12.9. The van der Waals surface area contributed by atoms with Crippen LogP contribution in [0.5, 0.6) is 5.75 Å². The second-order valence-electron chi connectivity index (χ2n) is 5.29. The van der Waals surface area contributed by atoms with E-state index in [2.05, 4.69) is 6.92 Å². The number of carbonyl (C=O) groups excluding carboxylic acids is 1. The zero-order chi connectivity index (χ0) is 13.3. The molecule has 0 saturated carbocycles. The lowest BCUT2D eigenvalue weighted by atomic mass is 9.86. The van der Waals surface area contributed by atoms with E-state index in [0.717, 1.165) is 18.4 Å². The molecular formula is C14H20N2O2. The number of hydrogen-bond donors (Lipinski definition) is 2. The van der Waals surface area contributed by atoms with Crippen molar-refractivity contribution < 1.29 is 9.90 Å². The lowest BCUT2D eigenvalue weighted by molar-refractivity contribution is 0.0384. The Labute approximate surface area is 107 Å². The van der Waals surface area contributed by atoms with E-state index < -0.39 is 0 Å². The third-order valence-electron chi connectivity index (χ3n) is 3.43. The Morgan fingerprint density at radius 3 is 2.72 bits per heavy atom. The van der Waals surface area contributed by atoms with Crippen LogP contribution in [0.15, 0.2) is 18.2 Å². The average molecular weight is 248 g/mol. The van der Waals surface area contributed by atoms with Crippen molar-refractivity contribution in [2.75, 3.05) is 13.1 Å². The van der Waals surface area contributed by atoms with E-state index in [-0.39, 0.29) is 17.2 Å². The smallest absolute Gasteiger partial charge is 0.257 e. The van der Waals surface area contributed by atoms with Crippen LogP contribution in [-0.2, 0) is 0 Å². The Morgan fingerprint density at radius 2 is 2.17 bits per heavy atom. The fraction of sp³-hybridized carbons (Fsp3) is 0.500. The summed E-state index contributed by atoms with van der Waals surface area (Å²) in [6.45, 7) is 5.12. The maximum absolute atomic E-state index is 12.2. The monoisotopic (exact) mass is 248 g/mol. The summed E-state index contributed by atoms with van der Waals surface area (Å²) in [6.07, 6.45) is 1.95. The van der Waals surface area contributed by atoms with Gasteiger partial charge < -0.3 is 15.7 Å². The predicted molar refractivity (Wildman–Crippen MR) is 70.6 cm³/mol. The van der Waals surface area contributed by atoms with Crippen molar-refractivity contribution >= 4 is 5.91 Å². The summed E-state index contributed by atoms with van der Waals surface area (Å²) in [6, 6.07) is 5.10. The Kier molecular flexibility index (Phi) is 3.30. The molecule has 1 fully saturated rings. The predicted octanol–water partition coefficient (Wildman–Crippen LogP) is 1.65. The van der Waals surface area contributed by atoms with Gasteiger partial charge in [0.05, 0.1) is 11.1 Å². The van der Waals surface area contributed by atoms with Gasteiger partial charge in [0.25, 0.3) is 5.91 Å². The number of rotatable bonds is 3. The highest BCUT2D eigenvalue weighted by molar-refractivity contribution is 5.97. The summed E-state index contributed by atoms with van der Waals surface area (Å²) in [7, 11) is 0. The number of carbonyl (C=O) groups is 1. The molecule has 4 nitrogen and oxygen atoms in total. The maximum Gasteiger partial charge on any atom is 0.257 e. The minimum absolute atomic E-state index is 0.0463. The van der Waals surface area contributed by atoms with Crippen molar-refractivity contribution in [3.8, 4) is 5.75 Å². The summed E-state index contributed by atoms with van der Waals surface area (Å²) < 4.78 is 0. The first-order valence-electron chi connectivity index (χ1n) is 6.33. The third kappa shape index (κ3) is 2.34. The van der Waals surface area contributed by atoms with E-state index in [0.29, 0.717) is 18.7 Å². The number of likely N-dealkylation sites (tertiary alicyclic amines) is 1. The molecule has 0 atom stereocenters. The van der Waals surface area contributed by atoms with Gasteiger partial charge in [0.15, 0.2) is 0 Å². The SMILES string of the molecule is CCCC1(N)CN(C(=O)c2ccc(C)cc2O)C1. The van der Waals surface area contributed by atoms with Crippen LogP contribution in [0.2, 0.25) is 0 Å². The molecule has 1 aliphatic rings. The van der Waals surface area contributed by atoms with Crippen LogP contribution in [0, 0.1) is 6.92 Å². The second-order valence-corrected chi connectivity index (χ2v) is 5.29. The average Bonchev–Trinajstić information content (AvgIpc) is 2.25. The molecule has 0 radical (unpaired) electrons. The molecule has 1 saturated heterocycles. The lowest BCUT2D eigenvalue weighted by Gasteiger charge is -2.47. The molecule has 1 amide bonds. The standard InChI is InChI=1S/C14H20N2O2/c1-3-6-14(15)8-16(9-14)13(18)11-5-4-10(2)7-12(11)17/h4-5,7,17H,3,6,8-9,15H2,1-2H3. The molecule has 0 unspecified atom stereocenters. The van der Waals surface area contributed by atoms with Gasteiger partial charge in [0.2, 0.25) is 0 Å². The van der Waals surface area contributed by atoms with Crippen molar-refractivity contribution in [3.05, 3.63) is 29.3 Å². The van der Waals surface area contributed by atoms with Gasteiger partial charge >= 0.3 is 0 Å². The second kappa shape index (κ2) is 4.61. The van der Waals surface area contributed by atoms with E-state index in [9.17, 15) is 9.90 Å². The van der Waals surface area contributed by atoms with E-state index in [1.165, 1.54) is 0 Å². The van der Waals surface area contributed by atoms with Crippen molar-refractivity contribution in [2.45, 2.75) is 32.2 Å². The quantitative estimate of drug-likeness (QED) is 0.854. The number of aryl methyl sites for hydroxylation is 1. The van der Waals surface area contributed by atoms with Gasteiger partial charge in [-0.2, -0.15) is 0 Å². The first-order chi connectivity index (χ1) is 8.45. The van der Waals surface area contributed by atoms with Crippen LogP contribution in [0.25, 0.3) is 0 Å². The van der Waals surface area contributed by atoms with Crippen LogP contribution in [0.1, 0.15) is 35.7 Å². The van der Waals surface area contributed by atoms with Gasteiger partial charge in [-0.1, -0.05) is 19.4 Å². The molecule has 0 spiro atoms. The molecule has 18 heavy (non-hydrogen) atoms. The maximum atomic E-state index is 12.2. The number of nitrogens with zero attached hydrogens (tertiary/aromatic N) is 1. The number of hydrogen-bond acceptors (Lipinski definition) is 3. The van der Waals surface area contributed by atoms with Crippen LogP contribution in [0.4, 0.5) is 0 Å². The summed E-state index contributed by atoms with van der Waals surface area (Å²) in [4.78, 5) is 13.9. The minimum Gasteiger partial charge on any atom is -0.507 e. The van der Waals surface area contributed by atoms with Crippen molar-refractivity contribution in [1.82, 2.24) is 4.90 Å². The Morgan fingerprint density at radius 1 is 1.50 bits per heavy atom. The molecule has 0 aromatic heterocycles. The van der Waals surface area contributed by atoms with E-state index in [1.807, 2.05) is 13.0 Å². The Bertz CT molecular complexity index is 465. The zero-order valence-corrected chi connectivity index (χ0v) is 10.9. The van der Waals surface area contributed by atoms with Crippen LogP contribution < -0.4 is 5.73 Å². The van der Waals surface area contributed by atoms with E-state index in [1.54, 1.807) is 17.0 Å². The van der Waals surface area contributed by atoms with Gasteiger partial charge in [-0.25, -0.2) is 0 Å². The summed E-state index contributed by atoms with van der Waals surface area (Å²) >= 11 is 0. The highest BCUT2D eigenvalue weighted by Crippen LogP contribution is 2.27. The molecule has 1 heterocycles. The molecule has 1 aromatic carbocycles. The summed E-state index contributed by atoms with van der Waals surface area (Å²) in [5.41, 5.74) is 7.19. The number of amides is 1. The largest absolute Gasteiger partial charge is 0.507 e. The zero-order valence-electron chi connectivity index (χ0n) is 10.9. The third-order valence-corrected chi connectivity index (χ3v) is 3.43. The minimum atomic E-state index is -0.231. The number of aromatic hydroxyl groups is 1. The van der Waals surface area contributed by atoms with E-state index >= 15 is 0 Å². The lowest BCUT2D eigenvalue weighted by Crippen LogP contribution is -2.68. The molecule has 1 aliphatic heterocycles. The normalized spacial score (nSPS) is 17.4. The van der Waals surface area contributed by atoms with E-state index in [4.69, 9.17) is 5.73 Å². The Balaban J connectivity index is 2.06. The molecule has 3 N–H and O–H groups in total. The number of phenolic OH excluding ortho intramolecular Hbond substituents is 1. The topological polar surface area (TPSA) is 66.6 Å². The number of phenols is 1.